The molecule has 0 fully saturated rings. The van der Waals surface area contributed by atoms with Crippen LogP contribution in [0.2, 0.25) is 0 Å². The molecule has 0 aromatic heterocycles. The van der Waals surface area contributed by atoms with Crippen molar-refractivity contribution in [1.82, 2.24) is 10.3 Å². The van der Waals surface area contributed by atoms with E-state index < -0.39 is 17.2 Å². The van der Waals surface area contributed by atoms with E-state index >= 15 is 0 Å². The molecule has 0 aliphatic heterocycles. The average molecular weight is 199 g/mol. The summed E-state index contributed by atoms with van der Waals surface area (Å²) < 4.78 is 20.0. The summed E-state index contributed by atoms with van der Waals surface area (Å²) in [6, 6.07) is 8.28. The Balaban J connectivity index is 2.54. The van der Waals surface area contributed by atoms with Crippen molar-refractivity contribution in [2.75, 3.05) is 0 Å². The number of benzene rings is 1. The summed E-state index contributed by atoms with van der Waals surface area (Å²) in [6.07, 6.45) is 0. The van der Waals surface area contributed by atoms with Gasteiger partial charge in [0.2, 0.25) is 0 Å². The highest BCUT2D eigenvalue weighted by atomic mass is 32.2. The first-order valence-electron chi connectivity index (χ1n) is 3.40. The van der Waals surface area contributed by atoms with E-state index in [2.05, 4.69) is 0 Å². The van der Waals surface area contributed by atoms with Gasteiger partial charge in [0.25, 0.3) is 5.91 Å². The van der Waals surface area contributed by atoms with Gasteiger partial charge in [-0.2, -0.15) is 4.83 Å². The zero-order valence-corrected chi connectivity index (χ0v) is 7.34. The summed E-state index contributed by atoms with van der Waals surface area (Å²) in [5.41, 5.74) is 2.39. The summed E-state index contributed by atoms with van der Waals surface area (Å²) in [5, 5.41) is 0. The minimum Gasteiger partial charge on any atom is -0.759 e. The first-order valence-corrected chi connectivity index (χ1v) is 4.48. The maximum Gasteiger partial charge on any atom is 0.266 e. The van der Waals surface area contributed by atoms with Crippen LogP contribution < -0.4 is 10.3 Å². The van der Waals surface area contributed by atoms with E-state index in [4.69, 9.17) is 0 Å². The standard InChI is InChI=1S/C7H8N2O3S/c10-7(8-9-13(11)12)6-4-2-1-3-5-6/h1-5,9H,(H,8,10)(H,11,12)/p-1. The van der Waals surface area contributed by atoms with Gasteiger partial charge in [0.1, 0.15) is 0 Å². The summed E-state index contributed by atoms with van der Waals surface area (Å²) >= 11 is -2.49. The van der Waals surface area contributed by atoms with Crippen LogP contribution >= 0.6 is 0 Å². The molecule has 0 aliphatic carbocycles. The predicted octanol–water partition coefficient (Wildman–Crippen LogP) is -0.285. The van der Waals surface area contributed by atoms with Gasteiger partial charge < -0.3 is 4.55 Å². The second-order valence-electron chi connectivity index (χ2n) is 2.16. The SMILES string of the molecule is O=C(NNS(=O)[O-])c1ccccc1. The highest BCUT2D eigenvalue weighted by Crippen LogP contribution is 1.96. The van der Waals surface area contributed by atoms with Gasteiger partial charge in [-0.3, -0.25) is 14.4 Å². The van der Waals surface area contributed by atoms with Gasteiger partial charge in [0, 0.05) is 16.8 Å². The van der Waals surface area contributed by atoms with Crippen LogP contribution in [0.3, 0.4) is 0 Å². The van der Waals surface area contributed by atoms with Crippen LogP contribution in [0.15, 0.2) is 30.3 Å². The Morgan fingerprint density at radius 3 is 2.46 bits per heavy atom. The van der Waals surface area contributed by atoms with Crippen LogP contribution in [0.25, 0.3) is 0 Å². The number of amides is 1. The number of carbonyl (C=O) groups excluding carboxylic acids is 1. The third-order valence-corrected chi connectivity index (χ3v) is 1.55. The zero-order chi connectivity index (χ0) is 9.68. The van der Waals surface area contributed by atoms with E-state index in [1.807, 2.05) is 5.43 Å². The number of rotatable bonds is 3. The van der Waals surface area contributed by atoms with Crippen molar-refractivity contribution < 1.29 is 13.6 Å². The van der Waals surface area contributed by atoms with Crippen LogP contribution in [0, 0.1) is 0 Å². The van der Waals surface area contributed by atoms with E-state index in [0.717, 1.165) is 0 Å². The molecule has 2 N–H and O–H groups in total. The Labute approximate surface area is 77.5 Å². The molecule has 6 heteroatoms. The maximum absolute atomic E-state index is 11.1. The Morgan fingerprint density at radius 1 is 1.31 bits per heavy atom. The number of carbonyl (C=O) groups is 1. The third-order valence-electron chi connectivity index (χ3n) is 1.28. The fraction of sp³-hybridized carbons (Fsp3) is 0. The number of hydrazine groups is 1. The van der Waals surface area contributed by atoms with Gasteiger partial charge in [-0.05, 0) is 12.1 Å². The monoisotopic (exact) mass is 199 g/mol. The molecule has 1 rings (SSSR count). The van der Waals surface area contributed by atoms with Crippen LogP contribution in [0.1, 0.15) is 10.4 Å². The largest absolute Gasteiger partial charge is 0.759 e. The zero-order valence-electron chi connectivity index (χ0n) is 6.52. The van der Waals surface area contributed by atoms with E-state index in [1.165, 1.54) is 0 Å². The Hall–Kier alpha value is -1.24. The summed E-state index contributed by atoms with van der Waals surface area (Å²) in [6.45, 7) is 0. The van der Waals surface area contributed by atoms with Gasteiger partial charge in [-0.15, -0.1) is 0 Å². The molecular weight excluding hydrogens is 192 g/mol. The summed E-state index contributed by atoms with van der Waals surface area (Å²) in [5.74, 6) is -0.496. The molecule has 5 nitrogen and oxygen atoms in total. The molecule has 0 bridgehead atoms. The van der Waals surface area contributed by atoms with E-state index in [9.17, 15) is 13.6 Å². The Morgan fingerprint density at radius 2 is 1.92 bits per heavy atom. The molecule has 0 spiro atoms. The van der Waals surface area contributed by atoms with Crippen LogP contribution in [-0.2, 0) is 11.3 Å². The fourth-order valence-electron chi connectivity index (χ4n) is 0.750. The lowest BCUT2D eigenvalue weighted by Gasteiger charge is -2.08. The van der Waals surface area contributed by atoms with Gasteiger partial charge >= 0.3 is 0 Å². The predicted molar refractivity (Wildman–Crippen MR) is 46.0 cm³/mol. The molecule has 1 aromatic rings. The van der Waals surface area contributed by atoms with Crippen molar-refractivity contribution in [3.05, 3.63) is 35.9 Å². The number of hydrogen-bond donors (Lipinski definition) is 2. The van der Waals surface area contributed by atoms with E-state index in [0.29, 0.717) is 5.56 Å². The van der Waals surface area contributed by atoms with Gasteiger partial charge in [0.15, 0.2) is 0 Å². The molecule has 1 atom stereocenters. The average Bonchev–Trinajstić information content (AvgIpc) is 2.15. The van der Waals surface area contributed by atoms with Crippen molar-refractivity contribution in [1.29, 1.82) is 0 Å². The van der Waals surface area contributed by atoms with Crippen molar-refractivity contribution in [2.24, 2.45) is 0 Å². The highest BCUT2D eigenvalue weighted by molar-refractivity contribution is 7.77. The van der Waals surface area contributed by atoms with Gasteiger partial charge in [0.05, 0.1) is 0 Å². The maximum atomic E-state index is 11.1. The molecule has 0 saturated heterocycles. The highest BCUT2D eigenvalue weighted by Gasteiger charge is 2.01. The second kappa shape index (κ2) is 4.70. The van der Waals surface area contributed by atoms with Crippen LogP contribution in [-0.4, -0.2) is 14.7 Å². The molecule has 0 saturated carbocycles. The number of hydrogen-bond acceptors (Lipinski definition) is 3. The topological polar surface area (TPSA) is 81.3 Å². The lowest BCUT2D eigenvalue weighted by atomic mass is 10.2. The van der Waals surface area contributed by atoms with E-state index in [1.54, 1.807) is 35.2 Å². The van der Waals surface area contributed by atoms with Crippen molar-refractivity contribution >= 4 is 17.2 Å². The molecule has 0 radical (unpaired) electrons. The molecule has 1 unspecified atom stereocenters. The first-order chi connectivity index (χ1) is 6.20. The number of nitrogens with one attached hydrogen (secondary N) is 2. The summed E-state index contributed by atoms with van der Waals surface area (Å²) in [4.78, 5) is 12.9. The van der Waals surface area contributed by atoms with Crippen molar-refractivity contribution in [3.8, 4) is 0 Å². The van der Waals surface area contributed by atoms with Crippen molar-refractivity contribution in [3.63, 3.8) is 0 Å². The molecule has 70 valence electrons. The molecular formula is C7H7N2O3S-. The van der Waals surface area contributed by atoms with E-state index in [-0.39, 0.29) is 0 Å². The normalized spacial score (nSPS) is 12.1. The second-order valence-corrected chi connectivity index (χ2v) is 2.83. The van der Waals surface area contributed by atoms with Gasteiger partial charge in [-0.1, -0.05) is 18.2 Å². The lowest BCUT2D eigenvalue weighted by Crippen LogP contribution is -2.38. The molecule has 0 aliphatic rings. The minimum atomic E-state index is -2.49. The molecule has 1 amide bonds. The minimum absolute atomic E-state index is 0.389. The quantitative estimate of drug-likeness (QED) is 0.518. The van der Waals surface area contributed by atoms with Crippen LogP contribution in [0.4, 0.5) is 0 Å². The summed E-state index contributed by atoms with van der Waals surface area (Å²) in [7, 11) is 0. The Kier molecular flexibility index (Phi) is 3.56. The molecule has 0 heterocycles. The third kappa shape index (κ3) is 3.32. The fourth-order valence-corrected chi connectivity index (χ4v) is 0.926. The van der Waals surface area contributed by atoms with Crippen molar-refractivity contribution in [2.45, 2.75) is 0 Å². The first kappa shape index (κ1) is 9.85. The van der Waals surface area contributed by atoms with Gasteiger partial charge in [-0.25, -0.2) is 0 Å². The molecule has 13 heavy (non-hydrogen) atoms. The van der Waals surface area contributed by atoms with Crippen LogP contribution in [0.5, 0.6) is 0 Å². The lowest BCUT2D eigenvalue weighted by molar-refractivity contribution is 0.0944. The Bertz CT molecular complexity index is 315. The molecule has 1 aromatic carbocycles. The smallest absolute Gasteiger partial charge is 0.266 e.